The van der Waals surface area contributed by atoms with Crippen LogP contribution in [0.5, 0.6) is 0 Å². The number of amides is 1. The molecule has 1 saturated heterocycles. The first-order chi connectivity index (χ1) is 12.3. The second-order valence-electron chi connectivity index (χ2n) is 6.89. The Balaban J connectivity index is 1.61. The molecule has 0 atom stereocenters. The Labute approximate surface area is 155 Å². The van der Waals surface area contributed by atoms with Crippen molar-refractivity contribution in [1.29, 1.82) is 0 Å². The summed E-state index contributed by atoms with van der Waals surface area (Å²) in [5, 5.41) is 0. The molecule has 1 heterocycles. The van der Waals surface area contributed by atoms with Crippen molar-refractivity contribution in [3.63, 3.8) is 0 Å². The SMILES string of the molecule is Cc1cccc(N2CCN(C(=O)c3ccc(CS(C)(=O)=O)cc3)CC2)c1. The standard InChI is InChI=1S/C20H24N2O3S/c1-16-4-3-5-19(14-16)21-10-12-22(13-11-21)20(23)18-8-6-17(7-9-18)15-26(2,24)25/h3-9,14H,10-13,15H2,1-2H3. The summed E-state index contributed by atoms with van der Waals surface area (Å²) in [6, 6.07) is 15.3. The Bertz CT molecular complexity index is 884. The topological polar surface area (TPSA) is 57.7 Å². The van der Waals surface area contributed by atoms with Crippen molar-refractivity contribution in [2.45, 2.75) is 12.7 Å². The van der Waals surface area contributed by atoms with Gasteiger partial charge >= 0.3 is 0 Å². The molecule has 0 N–H and O–H groups in total. The summed E-state index contributed by atoms with van der Waals surface area (Å²) in [4.78, 5) is 16.8. The van der Waals surface area contributed by atoms with Gasteiger partial charge in [-0.1, -0.05) is 24.3 Å². The lowest BCUT2D eigenvalue weighted by Crippen LogP contribution is -2.48. The highest BCUT2D eigenvalue weighted by Crippen LogP contribution is 2.19. The highest BCUT2D eigenvalue weighted by Gasteiger charge is 2.22. The highest BCUT2D eigenvalue weighted by molar-refractivity contribution is 7.89. The van der Waals surface area contributed by atoms with Gasteiger partial charge < -0.3 is 9.80 Å². The fourth-order valence-corrected chi connectivity index (χ4v) is 4.02. The fourth-order valence-electron chi connectivity index (χ4n) is 3.22. The van der Waals surface area contributed by atoms with Crippen molar-refractivity contribution in [2.24, 2.45) is 0 Å². The third-order valence-corrected chi connectivity index (χ3v) is 5.42. The third-order valence-electron chi connectivity index (χ3n) is 4.56. The summed E-state index contributed by atoms with van der Waals surface area (Å²) < 4.78 is 22.7. The predicted molar refractivity (Wildman–Crippen MR) is 104 cm³/mol. The van der Waals surface area contributed by atoms with E-state index in [1.54, 1.807) is 24.3 Å². The van der Waals surface area contributed by atoms with E-state index < -0.39 is 9.84 Å². The lowest BCUT2D eigenvalue weighted by Gasteiger charge is -2.36. The van der Waals surface area contributed by atoms with Gasteiger partial charge in [0.15, 0.2) is 9.84 Å². The normalized spacial score (nSPS) is 15.2. The van der Waals surface area contributed by atoms with Crippen molar-refractivity contribution < 1.29 is 13.2 Å². The van der Waals surface area contributed by atoms with E-state index in [-0.39, 0.29) is 11.7 Å². The molecule has 0 aromatic heterocycles. The van der Waals surface area contributed by atoms with Gasteiger partial charge in [0.05, 0.1) is 5.75 Å². The molecule has 2 aromatic carbocycles. The van der Waals surface area contributed by atoms with E-state index in [2.05, 4.69) is 36.1 Å². The van der Waals surface area contributed by atoms with Crippen LogP contribution in [0.25, 0.3) is 0 Å². The Morgan fingerprint density at radius 3 is 2.23 bits per heavy atom. The summed E-state index contributed by atoms with van der Waals surface area (Å²) in [6.45, 7) is 5.05. The molecule has 5 nitrogen and oxygen atoms in total. The first-order valence-electron chi connectivity index (χ1n) is 8.69. The van der Waals surface area contributed by atoms with E-state index in [0.29, 0.717) is 24.2 Å². The van der Waals surface area contributed by atoms with Crippen molar-refractivity contribution in [3.8, 4) is 0 Å². The van der Waals surface area contributed by atoms with E-state index in [1.807, 2.05) is 4.90 Å². The second kappa shape index (κ2) is 7.50. The molecule has 0 radical (unpaired) electrons. The Morgan fingerprint density at radius 2 is 1.65 bits per heavy atom. The Hall–Kier alpha value is -2.34. The third kappa shape index (κ3) is 4.64. The number of anilines is 1. The van der Waals surface area contributed by atoms with Gasteiger partial charge in [0.25, 0.3) is 5.91 Å². The molecule has 1 aliphatic heterocycles. The fraction of sp³-hybridized carbons (Fsp3) is 0.350. The maximum Gasteiger partial charge on any atom is 0.253 e. The molecule has 2 aromatic rings. The number of carbonyl (C=O) groups excluding carboxylic acids is 1. The molecule has 3 rings (SSSR count). The van der Waals surface area contributed by atoms with Gasteiger partial charge in [0, 0.05) is 43.7 Å². The molecule has 0 unspecified atom stereocenters. The molecular weight excluding hydrogens is 348 g/mol. The van der Waals surface area contributed by atoms with Gasteiger partial charge in [-0.25, -0.2) is 8.42 Å². The number of rotatable bonds is 4. The number of aryl methyl sites for hydroxylation is 1. The van der Waals surface area contributed by atoms with E-state index in [9.17, 15) is 13.2 Å². The zero-order chi connectivity index (χ0) is 18.7. The summed E-state index contributed by atoms with van der Waals surface area (Å²) in [6.07, 6.45) is 1.21. The highest BCUT2D eigenvalue weighted by atomic mass is 32.2. The summed E-state index contributed by atoms with van der Waals surface area (Å²) in [7, 11) is -3.07. The molecule has 0 saturated carbocycles. The van der Waals surface area contributed by atoms with E-state index in [1.165, 1.54) is 17.5 Å². The van der Waals surface area contributed by atoms with Crippen LogP contribution in [-0.4, -0.2) is 51.7 Å². The summed E-state index contributed by atoms with van der Waals surface area (Å²) in [5.41, 5.74) is 3.73. The van der Waals surface area contributed by atoms with Crippen LogP contribution in [0.3, 0.4) is 0 Å². The lowest BCUT2D eigenvalue weighted by atomic mass is 10.1. The first-order valence-corrected chi connectivity index (χ1v) is 10.8. The smallest absolute Gasteiger partial charge is 0.253 e. The van der Waals surface area contributed by atoms with Gasteiger partial charge in [-0.15, -0.1) is 0 Å². The maximum atomic E-state index is 12.7. The number of piperazine rings is 1. The number of nitrogens with zero attached hydrogens (tertiary/aromatic N) is 2. The monoisotopic (exact) mass is 372 g/mol. The average Bonchev–Trinajstić information content (AvgIpc) is 2.61. The second-order valence-corrected chi connectivity index (χ2v) is 9.03. The van der Waals surface area contributed by atoms with Crippen LogP contribution in [0.2, 0.25) is 0 Å². The first kappa shape index (κ1) is 18.5. The number of carbonyl (C=O) groups is 1. The summed E-state index contributed by atoms with van der Waals surface area (Å²) in [5.74, 6) is -0.00352. The minimum absolute atomic E-state index is 0.000187. The molecule has 1 aliphatic rings. The number of sulfone groups is 1. The van der Waals surface area contributed by atoms with Gasteiger partial charge in [-0.05, 0) is 42.3 Å². The predicted octanol–water partition coefficient (Wildman–Crippen LogP) is 2.50. The van der Waals surface area contributed by atoms with E-state index in [0.717, 1.165) is 13.1 Å². The zero-order valence-electron chi connectivity index (χ0n) is 15.2. The van der Waals surface area contributed by atoms with Gasteiger partial charge in [0.1, 0.15) is 0 Å². The molecule has 1 fully saturated rings. The molecule has 0 bridgehead atoms. The van der Waals surface area contributed by atoms with Crippen LogP contribution in [-0.2, 0) is 15.6 Å². The minimum Gasteiger partial charge on any atom is -0.368 e. The molecule has 138 valence electrons. The molecule has 0 aliphatic carbocycles. The van der Waals surface area contributed by atoms with Crippen LogP contribution < -0.4 is 4.90 Å². The molecular formula is C20H24N2O3S. The summed E-state index contributed by atoms with van der Waals surface area (Å²) >= 11 is 0. The number of benzene rings is 2. The molecule has 26 heavy (non-hydrogen) atoms. The molecule has 1 amide bonds. The quantitative estimate of drug-likeness (QED) is 0.827. The van der Waals surface area contributed by atoms with Crippen LogP contribution in [0, 0.1) is 6.92 Å². The van der Waals surface area contributed by atoms with Crippen LogP contribution in [0.1, 0.15) is 21.5 Å². The lowest BCUT2D eigenvalue weighted by molar-refractivity contribution is 0.0747. The molecule has 0 spiro atoms. The van der Waals surface area contributed by atoms with Gasteiger partial charge in [-0.2, -0.15) is 0 Å². The number of hydrogen-bond donors (Lipinski definition) is 0. The zero-order valence-corrected chi connectivity index (χ0v) is 16.0. The van der Waals surface area contributed by atoms with E-state index in [4.69, 9.17) is 0 Å². The van der Waals surface area contributed by atoms with Crippen molar-refractivity contribution in [3.05, 3.63) is 65.2 Å². The maximum absolute atomic E-state index is 12.7. The van der Waals surface area contributed by atoms with Crippen molar-refractivity contribution >= 4 is 21.4 Å². The minimum atomic E-state index is -3.07. The van der Waals surface area contributed by atoms with Crippen molar-refractivity contribution in [2.75, 3.05) is 37.3 Å². The molecule has 6 heteroatoms. The Morgan fingerprint density at radius 1 is 1.00 bits per heavy atom. The number of hydrogen-bond acceptors (Lipinski definition) is 4. The largest absolute Gasteiger partial charge is 0.368 e. The average molecular weight is 372 g/mol. The van der Waals surface area contributed by atoms with Crippen LogP contribution >= 0.6 is 0 Å². The van der Waals surface area contributed by atoms with Gasteiger partial charge in [-0.3, -0.25) is 4.79 Å². The van der Waals surface area contributed by atoms with Gasteiger partial charge in [0.2, 0.25) is 0 Å². The van der Waals surface area contributed by atoms with Crippen LogP contribution in [0.4, 0.5) is 5.69 Å². The van der Waals surface area contributed by atoms with E-state index >= 15 is 0 Å². The van der Waals surface area contributed by atoms with Crippen molar-refractivity contribution in [1.82, 2.24) is 4.90 Å². The Kier molecular flexibility index (Phi) is 5.32. The van der Waals surface area contributed by atoms with Crippen LogP contribution in [0.15, 0.2) is 48.5 Å².